The molecule has 0 bridgehead atoms. The maximum Gasteiger partial charge on any atom is 0.136 e. The molecule has 0 aromatic heterocycles. The molecule has 1 aliphatic heterocycles. The Balaban J connectivity index is 2.38. The lowest BCUT2D eigenvalue weighted by molar-refractivity contribution is 0.139. The SMILES string of the molecule is CN1CCN(c2cccc(F)c2C(=N)N)CC1(C)C. The topological polar surface area (TPSA) is 56.4 Å². The molecular weight excluding hydrogens is 243 g/mol. The molecule has 1 aromatic carbocycles. The standard InChI is InChI=1S/C14H21FN4/c1-14(2)9-19(8-7-18(14)3)11-6-4-5-10(15)12(11)13(16)17/h4-6H,7-9H2,1-3H3,(H3,16,17). The predicted molar refractivity (Wildman–Crippen MR) is 76.3 cm³/mol. The predicted octanol–water partition coefficient (Wildman–Crippen LogP) is 1.64. The lowest BCUT2D eigenvalue weighted by Gasteiger charge is -2.46. The summed E-state index contributed by atoms with van der Waals surface area (Å²) in [7, 11) is 2.09. The molecule has 5 heteroatoms. The van der Waals surface area contributed by atoms with Crippen molar-refractivity contribution in [3.63, 3.8) is 0 Å². The highest BCUT2D eigenvalue weighted by Crippen LogP contribution is 2.28. The average molecular weight is 264 g/mol. The second-order valence-electron chi connectivity index (χ2n) is 5.70. The van der Waals surface area contributed by atoms with Crippen LogP contribution in [-0.2, 0) is 0 Å². The van der Waals surface area contributed by atoms with Crippen molar-refractivity contribution in [3.05, 3.63) is 29.6 Å². The lowest BCUT2D eigenvalue weighted by atomic mass is 9.98. The van der Waals surface area contributed by atoms with Gasteiger partial charge in [0, 0.05) is 25.2 Å². The number of nitrogen functional groups attached to an aromatic ring is 1. The van der Waals surface area contributed by atoms with Crippen molar-refractivity contribution in [3.8, 4) is 0 Å². The van der Waals surface area contributed by atoms with Gasteiger partial charge in [0.05, 0.1) is 11.3 Å². The molecule has 3 N–H and O–H groups in total. The Morgan fingerprint density at radius 1 is 1.37 bits per heavy atom. The second kappa shape index (κ2) is 4.81. The Kier molecular flexibility index (Phi) is 3.49. The minimum Gasteiger partial charge on any atom is -0.384 e. The Bertz CT molecular complexity index is 498. The van der Waals surface area contributed by atoms with Crippen LogP contribution in [-0.4, -0.2) is 43.0 Å². The summed E-state index contributed by atoms with van der Waals surface area (Å²) in [6.45, 7) is 6.82. The summed E-state index contributed by atoms with van der Waals surface area (Å²) < 4.78 is 13.9. The maximum absolute atomic E-state index is 13.9. The van der Waals surface area contributed by atoms with E-state index in [0.717, 1.165) is 19.6 Å². The van der Waals surface area contributed by atoms with Gasteiger partial charge in [-0.1, -0.05) is 6.07 Å². The number of nitrogens with zero attached hydrogens (tertiary/aromatic N) is 2. The van der Waals surface area contributed by atoms with Crippen LogP contribution in [0.15, 0.2) is 18.2 Å². The number of rotatable bonds is 2. The van der Waals surface area contributed by atoms with Crippen LogP contribution in [0.2, 0.25) is 0 Å². The van der Waals surface area contributed by atoms with Gasteiger partial charge in [-0.2, -0.15) is 0 Å². The Labute approximate surface area is 113 Å². The van der Waals surface area contributed by atoms with Crippen LogP contribution in [0.1, 0.15) is 19.4 Å². The molecule has 1 heterocycles. The summed E-state index contributed by atoms with van der Waals surface area (Å²) in [5.74, 6) is -0.647. The van der Waals surface area contributed by atoms with E-state index in [2.05, 4.69) is 30.7 Å². The summed E-state index contributed by atoms with van der Waals surface area (Å²) in [5, 5.41) is 7.57. The van der Waals surface area contributed by atoms with E-state index in [9.17, 15) is 4.39 Å². The number of hydrogen-bond acceptors (Lipinski definition) is 3. The van der Waals surface area contributed by atoms with Gasteiger partial charge in [-0.15, -0.1) is 0 Å². The largest absolute Gasteiger partial charge is 0.384 e. The molecule has 0 amide bonds. The molecule has 0 saturated carbocycles. The third-order valence-corrected chi connectivity index (χ3v) is 3.92. The van der Waals surface area contributed by atoms with Crippen molar-refractivity contribution in [2.24, 2.45) is 5.73 Å². The normalized spacial score (nSPS) is 19.5. The molecule has 1 aliphatic rings. The van der Waals surface area contributed by atoms with Crippen molar-refractivity contribution < 1.29 is 4.39 Å². The summed E-state index contributed by atoms with van der Waals surface area (Å²) in [6.07, 6.45) is 0. The zero-order chi connectivity index (χ0) is 14.2. The maximum atomic E-state index is 13.9. The van der Waals surface area contributed by atoms with Gasteiger partial charge in [-0.05, 0) is 33.0 Å². The van der Waals surface area contributed by atoms with Crippen LogP contribution in [0.25, 0.3) is 0 Å². The van der Waals surface area contributed by atoms with Gasteiger partial charge in [-0.3, -0.25) is 10.3 Å². The summed E-state index contributed by atoms with van der Waals surface area (Å²) in [4.78, 5) is 4.40. The van der Waals surface area contributed by atoms with Crippen LogP contribution >= 0.6 is 0 Å². The minimum atomic E-state index is -0.429. The van der Waals surface area contributed by atoms with Gasteiger partial charge in [-0.25, -0.2) is 4.39 Å². The number of anilines is 1. The first kappa shape index (κ1) is 13.8. The van der Waals surface area contributed by atoms with Gasteiger partial charge in [0.1, 0.15) is 11.7 Å². The first-order valence-corrected chi connectivity index (χ1v) is 6.42. The first-order chi connectivity index (χ1) is 8.83. The third kappa shape index (κ3) is 2.56. The van der Waals surface area contributed by atoms with Gasteiger partial charge in [0.15, 0.2) is 0 Å². The van der Waals surface area contributed by atoms with Crippen LogP contribution in [0, 0.1) is 11.2 Å². The molecule has 2 rings (SSSR count). The molecule has 0 spiro atoms. The highest BCUT2D eigenvalue weighted by Gasteiger charge is 2.32. The van der Waals surface area contributed by atoms with E-state index in [-0.39, 0.29) is 16.9 Å². The number of amidine groups is 1. The van der Waals surface area contributed by atoms with E-state index < -0.39 is 5.82 Å². The van der Waals surface area contributed by atoms with E-state index in [1.807, 2.05) is 6.07 Å². The summed E-state index contributed by atoms with van der Waals surface area (Å²) in [6, 6.07) is 4.85. The number of hydrogen-bond donors (Lipinski definition) is 2. The zero-order valence-corrected chi connectivity index (χ0v) is 11.7. The monoisotopic (exact) mass is 264 g/mol. The van der Waals surface area contributed by atoms with Crippen LogP contribution in [0.4, 0.5) is 10.1 Å². The fourth-order valence-electron chi connectivity index (χ4n) is 2.49. The van der Waals surface area contributed by atoms with Gasteiger partial charge in [0.25, 0.3) is 0 Å². The smallest absolute Gasteiger partial charge is 0.136 e. The fourth-order valence-corrected chi connectivity index (χ4v) is 2.49. The van der Waals surface area contributed by atoms with E-state index in [0.29, 0.717) is 5.69 Å². The number of nitrogens with two attached hydrogens (primary N) is 1. The molecule has 1 aromatic rings. The van der Waals surface area contributed by atoms with Crippen molar-refractivity contribution in [2.45, 2.75) is 19.4 Å². The molecule has 0 unspecified atom stereocenters. The fraction of sp³-hybridized carbons (Fsp3) is 0.500. The van der Waals surface area contributed by atoms with Gasteiger partial charge in [0.2, 0.25) is 0 Å². The van der Waals surface area contributed by atoms with Crippen molar-refractivity contribution in [1.82, 2.24) is 4.90 Å². The van der Waals surface area contributed by atoms with Crippen LogP contribution in [0.5, 0.6) is 0 Å². The Hall–Kier alpha value is -1.62. The molecule has 0 radical (unpaired) electrons. The quantitative estimate of drug-likeness (QED) is 0.630. The van der Waals surface area contributed by atoms with E-state index in [1.165, 1.54) is 6.07 Å². The molecule has 1 fully saturated rings. The number of piperazine rings is 1. The minimum absolute atomic E-state index is 0.0125. The number of halogens is 1. The number of benzene rings is 1. The number of likely N-dealkylation sites (N-methyl/N-ethyl adjacent to an activating group) is 1. The molecule has 0 atom stereocenters. The van der Waals surface area contributed by atoms with Crippen molar-refractivity contribution in [2.75, 3.05) is 31.6 Å². The second-order valence-corrected chi connectivity index (χ2v) is 5.70. The average Bonchev–Trinajstić information content (AvgIpc) is 2.31. The summed E-state index contributed by atoms with van der Waals surface area (Å²) >= 11 is 0. The highest BCUT2D eigenvalue weighted by molar-refractivity contribution is 6.00. The van der Waals surface area contributed by atoms with E-state index in [1.54, 1.807) is 6.07 Å². The molecule has 1 saturated heterocycles. The highest BCUT2D eigenvalue weighted by atomic mass is 19.1. The lowest BCUT2D eigenvalue weighted by Crippen LogP contribution is -2.58. The molecule has 104 valence electrons. The molecule has 0 aliphatic carbocycles. The molecular formula is C14H21FN4. The van der Waals surface area contributed by atoms with Crippen LogP contribution < -0.4 is 10.6 Å². The molecule has 19 heavy (non-hydrogen) atoms. The van der Waals surface area contributed by atoms with E-state index >= 15 is 0 Å². The number of nitrogens with one attached hydrogen (secondary N) is 1. The zero-order valence-electron chi connectivity index (χ0n) is 11.7. The molecule has 4 nitrogen and oxygen atoms in total. The van der Waals surface area contributed by atoms with E-state index in [4.69, 9.17) is 11.1 Å². The summed E-state index contributed by atoms with van der Waals surface area (Å²) in [5.41, 5.74) is 6.46. The van der Waals surface area contributed by atoms with Gasteiger partial charge < -0.3 is 10.6 Å². The first-order valence-electron chi connectivity index (χ1n) is 6.42. The Morgan fingerprint density at radius 3 is 2.63 bits per heavy atom. The Morgan fingerprint density at radius 2 is 2.05 bits per heavy atom. The van der Waals surface area contributed by atoms with Gasteiger partial charge >= 0.3 is 0 Å². The van der Waals surface area contributed by atoms with Crippen LogP contribution in [0.3, 0.4) is 0 Å². The van der Waals surface area contributed by atoms with Crippen molar-refractivity contribution >= 4 is 11.5 Å². The third-order valence-electron chi connectivity index (χ3n) is 3.92. The van der Waals surface area contributed by atoms with Crippen molar-refractivity contribution in [1.29, 1.82) is 5.41 Å².